The molecule has 2 heterocycles. The van der Waals surface area contributed by atoms with Crippen molar-refractivity contribution >= 4 is 11.7 Å². The topological polar surface area (TPSA) is 58.1 Å². The fourth-order valence-corrected chi connectivity index (χ4v) is 8.63. The van der Waals surface area contributed by atoms with Gasteiger partial charge in [0.2, 0.25) is 5.91 Å². The van der Waals surface area contributed by atoms with E-state index in [1.54, 1.807) is 6.33 Å². The minimum Gasteiger partial charge on any atom is -0.351 e. The summed E-state index contributed by atoms with van der Waals surface area (Å²) in [6.07, 6.45) is 16.7. The first-order valence-electron chi connectivity index (χ1n) is 13.4. The van der Waals surface area contributed by atoms with Crippen molar-refractivity contribution < 1.29 is 4.79 Å². The van der Waals surface area contributed by atoms with Crippen LogP contribution in [-0.4, -0.2) is 34.0 Å². The highest BCUT2D eigenvalue weighted by Gasteiger charge is 2.58. The Labute approximate surface area is 193 Å². The Bertz CT molecular complexity index is 878. The molecular formula is C27H40N4O. The van der Waals surface area contributed by atoms with Crippen molar-refractivity contribution in [3.8, 4) is 0 Å². The Morgan fingerprint density at radius 2 is 1.88 bits per heavy atom. The highest BCUT2D eigenvalue weighted by molar-refractivity contribution is 5.81. The molecule has 0 spiro atoms. The normalized spacial score (nSPS) is 38.2. The van der Waals surface area contributed by atoms with Crippen molar-refractivity contribution in [1.29, 1.82) is 0 Å². The number of aromatic nitrogens is 2. The van der Waals surface area contributed by atoms with Crippen molar-refractivity contribution in [3.05, 3.63) is 18.1 Å². The number of hydrogen-bond donors (Lipinski definition) is 1. The van der Waals surface area contributed by atoms with E-state index in [-0.39, 0.29) is 16.9 Å². The molecule has 2 bridgehead atoms. The van der Waals surface area contributed by atoms with Gasteiger partial charge in [0, 0.05) is 30.1 Å². The predicted molar refractivity (Wildman–Crippen MR) is 126 cm³/mol. The quantitative estimate of drug-likeness (QED) is 0.703. The minimum atomic E-state index is -0.0645. The molecule has 1 aromatic rings. The third-order valence-electron chi connectivity index (χ3n) is 10.4. The van der Waals surface area contributed by atoms with Gasteiger partial charge in [-0.15, -0.1) is 0 Å². The molecule has 5 nitrogen and oxygen atoms in total. The number of amides is 1. The van der Waals surface area contributed by atoms with E-state index in [9.17, 15) is 4.79 Å². The van der Waals surface area contributed by atoms with Gasteiger partial charge in [-0.25, -0.2) is 9.97 Å². The fourth-order valence-electron chi connectivity index (χ4n) is 8.63. The summed E-state index contributed by atoms with van der Waals surface area (Å²) in [6.45, 7) is 5.69. The number of rotatable bonds is 4. The van der Waals surface area contributed by atoms with Gasteiger partial charge >= 0.3 is 0 Å². The van der Waals surface area contributed by atoms with Gasteiger partial charge in [0.15, 0.2) is 0 Å². The van der Waals surface area contributed by atoms with Crippen LogP contribution in [0, 0.1) is 23.2 Å². The Kier molecular flexibility index (Phi) is 5.03. The van der Waals surface area contributed by atoms with Crippen LogP contribution in [0.5, 0.6) is 0 Å². The van der Waals surface area contributed by atoms with E-state index in [1.165, 1.54) is 63.5 Å². The summed E-state index contributed by atoms with van der Waals surface area (Å²) in [5.41, 5.74) is 1.32. The number of anilines is 1. The van der Waals surface area contributed by atoms with Crippen molar-refractivity contribution in [2.45, 2.75) is 108 Å². The average molecular weight is 437 g/mol. The highest BCUT2D eigenvalue weighted by Crippen LogP contribution is 2.59. The molecule has 1 aromatic heterocycles. The van der Waals surface area contributed by atoms with Gasteiger partial charge in [-0.05, 0) is 75.0 Å². The SMILES string of the molecule is CC1(C)C2CCC(C2)C1C(=O)NC12CCCC1N(c1cc(C3CCCCC3)ncn1)CC2. The molecule has 0 aromatic carbocycles. The van der Waals surface area contributed by atoms with Crippen LogP contribution in [0.2, 0.25) is 0 Å². The Balaban J connectivity index is 1.21. The lowest BCUT2D eigenvalue weighted by Gasteiger charge is -2.40. The van der Waals surface area contributed by atoms with Crippen LogP contribution < -0.4 is 10.2 Å². The van der Waals surface area contributed by atoms with Crippen LogP contribution in [0.15, 0.2) is 12.4 Å². The van der Waals surface area contributed by atoms with Crippen molar-refractivity contribution in [2.24, 2.45) is 23.2 Å². The summed E-state index contributed by atoms with van der Waals surface area (Å²) in [5, 5.41) is 3.69. The monoisotopic (exact) mass is 436 g/mol. The molecule has 1 N–H and O–H groups in total. The molecule has 5 unspecified atom stereocenters. The zero-order valence-electron chi connectivity index (χ0n) is 20.0. The lowest BCUT2D eigenvalue weighted by Crippen LogP contribution is -2.57. The number of hydrogen-bond acceptors (Lipinski definition) is 4. The van der Waals surface area contributed by atoms with Crippen LogP contribution in [0.3, 0.4) is 0 Å². The van der Waals surface area contributed by atoms with E-state index in [1.807, 2.05) is 0 Å². The van der Waals surface area contributed by atoms with Crippen molar-refractivity contribution in [3.63, 3.8) is 0 Å². The summed E-state index contributed by atoms with van der Waals surface area (Å²) in [5.74, 6) is 3.57. The first-order valence-corrected chi connectivity index (χ1v) is 13.4. The lowest BCUT2D eigenvalue weighted by atomic mass is 9.68. The highest BCUT2D eigenvalue weighted by atomic mass is 16.2. The van der Waals surface area contributed by atoms with E-state index in [0.29, 0.717) is 23.8 Å². The molecule has 4 saturated carbocycles. The zero-order valence-corrected chi connectivity index (χ0v) is 20.0. The standard InChI is InChI=1S/C27H40N4O/c1-26(2)20-11-10-19(15-20)24(26)25(32)30-27-12-6-9-22(27)31(14-13-27)23-16-21(28-17-29-23)18-7-4-3-5-8-18/h16-20,22,24H,3-15H2,1-2H3,(H,30,32). The first-order chi connectivity index (χ1) is 15.5. The summed E-state index contributed by atoms with van der Waals surface area (Å²) in [6, 6.07) is 2.65. The van der Waals surface area contributed by atoms with Gasteiger partial charge in [0.25, 0.3) is 0 Å². The molecule has 4 aliphatic carbocycles. The van der Waals surface area contributed by atoms with Crippen molar-refractivity contribution in [2.75, 3.05) is 11.4 Å². The Morgan fingerprint density at radius 3 is 2.66 bits per heavy atom. The zero-order chi connectivity index (χ0) is 21.9. The number of fused-ring (bicyclic) bond motifs is 3. The molecule has 174 valence electrons. The first kappa shape index (κ1) is 20.9. The van der Waals surface area contributed by atoms with Crippen LogP contribution >= 0.6 is 0 Å². The number of carbonyl (C=O) groups is 1. The summed E-state index contributed by atoms with van der Waals surface area (Å²) in [7, 11) is 0. The molecule has 32 heavy (non-hydrogen) atoms. The second kappa shape index (κ2) is 7.70. The Morgan fingerprint density at radius 1 is 1.03 bits per heavy atom. The molecule has 0 radical (unpaired) electrons. The van der Waals surface area contributed by atoms with Gasteiger partial charge < -0.3 is 10.2 Å². The second-order valence-electron chi connectivity index (χ2n) is 12.2. The van der Waals surface area contributed by atoms with Crippen LogP contribution in [0.1, 0.15) is 103 Å². The number of nitrogens with zero attached hydrogens (tertiary/aromatic N) is 3. The molecule has 5 aliphatic rings. The summed E-state index contributed by atoms with van der Waals surface area (Å²) < 4.78 is 0. The maximum Gasteiger partial charge on any atom is 0.224 e. The maximum absolute atomic E-state index is 13.7. The third-order valence-corrected chi connectivity index (χ3v) is 10.4. The molecule has 1 saturated heterocycles. The van der Waals surface area contributed by atoms with E-state index in [4.69, 9.17) is 4.98 Å². The molecule has 1 amide bonds. The molecule has 5 heteroatoms. The number of nitrogens with one attached hydrogen (secondary N) is 1. The number of carbonyl (C=O) groups excluding carboxylic acids is 1. The average Bonchev–Trinajstić information content (AvgIpc) is 3.54. The van der Waals surface area contributed by atoms with Crippen LogP contribution in [-0.2, 0) is 4.79 Å². The van der Waals surface area contributed by atoms with Gasteiger partial charge in [-0.3, -0.25) is 4.79 Å². The van der Waals surface area contributed by atoms with Gasteiger partial charge in [0.1, 0.15) is 12.1 Å². The van der Waals surface area contributed by atoms with E-state index in [0.717, 1.165) is 37.5 Å². The molecule has 5 atom stereocenters. The Hall–Kier alpha value is -1.65. The second-order valence-corrected chi connectivity index (χ2v) is 12.2. The molecule has 1 aliphatic heterocycles. The maximum atomic E-state index is 13.7. The van der Waals surface area contributed by atoms with Crippen LogP contribution in [0.25, 0.3) is 0 Å². The van der Waals surface area contributed by atoms with Crippen LogP contribution in [0.4, 0.5) is 5.82 Å². The predicted octanol–water partition coefficient (Wildman–Crippen LogP) is 5.21. The lowest BCUT2D eigenvalue weighted by molar-refractivity contribution is -0.132. The minimum absolute atomic E-state index is 0.0645. The van der Waals surface area contributed by atoms with E-state index in [2.05, 4.69) is 35.1 Å². The van der Waals surface area contributed by atoms with Gasteiger partial charge in [-0.1, -0.05) is 33.1 Å². The van der Waals surface area contributed by atoms with E-state index >= 15 is 0 Å². The molecule has 5 fully saturated rings. The summed E-state index contributed by atoms with van der Waals surface area (Å²) in [4.78, 5) is 25.6. The van der Waals surface area contributed by atoms with Crippen molar-refractivity contribution in [1.82, 2.24) is 15.3 Å². The summed E-state index contributed by atoms with van der Waals surface area (Å²) >= 11 is 0. The van der Waals surface area contributed by atoms with Gasteiger partial charge in [0.05, 0.1) is 11.6 Å². The fraction of sp³-hybridized carbons (Fsp3) is 0.815. The third kappa shape index (κ3) is 3.20. The smallest absolute Gasteiger partial charge is 0.224 e. The molecular weight excluding hydrogens is 396 g/mol. The van der Waals surface area contributed by atoms with Gasteiger partial charge in [-0.2, -0.15) is 0 Å². The van der Waals surface area contributed by atoms with E-state index < -0.39 is 0 Å². The largest absolute Gasteiger partial charge is 0.351 e. The molecule has 6 rings (SSSR count).